The van der Waals surface area contributed by atoms with Crippen molar-refractivity contribution in [2.24, 2.45) is 0 Å². The Morgan fingerprint density at radius 1 is 1.46 bits per heavy atom. The minimum Gasteiger partial charge on any atom is -0.444 e. The number of nitrogens with zero attached hydrogens (tertiary/aromatic N) is 1. The van der Waals surface area contributed by atoms with Gasteiger partial charge in [0, 0.05) is 19.1 Å². The third kappa shape index (κ3) is 8.29. The first-order valence-corrected chi connectivity index (χ1v) is 9.14. The molecule has 1 unspecified atom stereocenters. The van der Waals surface area contributed by atoms with E-state index in [1.54, 1.807) is 17.0 Å². The van der Waals surface area contributed by atoms with Gasteiger partial charge in [0.1, 0.15) is 12.2 Å². The first-order chi connectivity index (χ1) is 12.0. The molecule has 26 heavy (non-hydrogen) atoms. The lowest BCUT2D eigenvalue weighted by Crippen LogP contribution is -2.40. The molecule has 1 aliphatic rings. The Kier molecular flexibility index (Phi) is 8.72. The molecule has 1 aliphatic heterocycles. The molecule has 0 saturated carbocycles. The van der Waals surface area contributed by atoms with E-state index in [9.17, 15) is 18.4 Å². The molecule has 1 aromatic heterocycles. The number of halogens is 3. The minimum absolute atomic E-state index is 0.0501. The molecule has 1 saturated heterocycles. The van der Waals surface area contributed by atoms with Crippen LogP contribution in [-0.2, 0) is 4.74 Å². The fourth-order valence-electron chi connectivity index (χ4n) is 2.06. The molecule has 0 aromatic carbocycles. The Balaban J connectivity index is 0.000000597. The van der Waals surface area contributed by atoms with E-state index in [0.29, 0.717) is 22.3 Å². The molecule has 10 heteroatoms. The van der Waals surface area contributed by atoms with E-state index in [2.05, 4.69) is 5.32 Å². The Morgan fingerprint density at radius 3 is 2.54 bits per heavy atom. The minimum atomic E-state index is -2.56. The van der Waals surface area contributed by atoms with Crippen LogP contribution >= 0.6 is 22.9 Å². The number of aliphatic hydroxyl groups excluding tert-OH is 1. The Labute approximate surface area is 160 Å². The van der Waals surface area contributed by atoms with Crippen LogP contribution in [0.25, 0.3) is 0 Å². The predicted molar refractivity (Wildman–Crippen MR) is 96.1 cm³/mol. The van der Waals surface area contributed by atoms with Crippen LogP contribution in [0.1, 0.15) is 36.9 Å². The van der Waals surface area contributed by atoms with E-state index in [-0.39, 0.29) is 18.0 Å². The lowest BCUT2D eigenvalue weighted by atomic mass is 10.2. The van der Waals surface area contributed by atoms with E-state index in [1.165, 1.54) is 11.3 Å². The second kappa shape index (κ2) is 10.0. The van der Waals surface area contributed by atoms with E-state index in [1.807, 2.05) is 20.8 Å². The summed E-state index contributed by atoms with van der Waals surface area (Å²) in [4.78, 5) is 26.2. The number of ether oxygens (including phenoxy) is 1. The predicted octanol–water partition coefficient (Wildman–Crippen LogP) is 3.38. The Morgan fingerprint density at radius 2 is 2.08 bits per heavy atom. The van der Waals surface area contributed by atoms with Crippen molar-refractivity contribution in [1.82, 2.24) is 10.2 Å². The summed E-state index contributed by atoms with van der Waals surface area (Å²) < 4.78 is 26.9. The van der Waals surface area contributed by atoms with Gasteiger partial charge in [-0.25, -0.2) is 13.6 Å². The molecule has 0 radical (unpaired) electrons. The average Bonchev–Trinajstić information content (AvgIpc) is 3.15. The van der Waals surface area contributed by atoms with Crippen molar-refractivity contribution in [3.63, 3.8) is 0 Å². The van der Waals surface area contributed by atoms with Gasteiger partial charge in [-0.15, -0.1) is 11.3 Å². The highest BCUT2D eigenvalue weighted by atomic mass is 35.5. The van der Waals surface area contributed by atoms with Crippen molar-refractivity contribution in [2.45, 2.75) is 45.3 Å². The number of alkyl halides is 2. The molecule has 0 spiro atoms. The summed E-state index contributed by atoms with van der Waals surface area (Å²) in [5, 5.41) is 10.3. The molecular formula is C16H23ClF2N2O4S. The SMILES string of the molecule is CC(C)(C)OC(=O)N1CCC(NC(=O)c2ccc(Cl)s2)C1.OCC(F)F. The Bertz CT molecular complexity index is 607. The van der Waals surface area contributed by atoms with Gasteiger partial charge >= 0.3 is 6.09 Å². The van der Waals surface area contributed by atoms with Gasteiger partial charge in [0.15, 0.2) is 0 Å². The highest BCUT2D eigenvalue weighted by molar-refractivity contribution is 7.17. The molecule has 2 rings (SSSR count). The molecule has 148 valence electrons. The third-order valence-corrected chi connectivity index (χ3v) is 4.34. The monoisotopic (exact) mass is 412 g/mol. The maximum atomic E-state index is 12.0. The second-order valence-corrected chi connectivity index (χ2v) is 8.28. The largest absolute Gasteiger partial charge is 0.444 e. The number of aliphatic hydroxyl groups is 1. The van der Waals surface area contributed by atoms with Gasteiger partial charge in [0.25, 0.3) is 12.3 Å². The summed E-state index contributed by atoms with van der Waals surface area (Å²) in [5.41, 5.74) is -0.508. The third-order valence-electron chi connectivity index (χ3n) is 3.11. The van der Waals surface area contributed by atoms with Crippen LogP contribution in [0.3, 0.4) is 0 Å². The van der Waals surface area contributed by atoms with Crippen molar-refractivity contribution in [3.8, 4) is 0 Å². The topological polar surface area (TPSA) is 78.9 Å². The smallest absolute Gasteiger partial charge is 0.410 e. The van der Waals surface area contributed by atoms with Crippen molar-refractivity contribution >= 4 is 34.9 Å². The molecular weight excluding hydrogens is 390 g/mol. The number of amides is 2. The molecule has 2 heterocycles. The first-order valence-electron chi connectivity index (χ1n) is 7.95. The number of hydrogen-bond donors (Lipinski definition) is 2. The van der Waals surface area contributed by atoms with E-state index in [0.717, 1.165) is 6.42 Å². The summed E-state index contributed by atoms with van der Waals surface area (Å²) in [6, 6.07) is 3.34. The van der Waals surface area contributed by atoms with Gasteiger partial charge in [-0.3, -0.25) is 4.79 Å². The van der Waals surface area contributed by atoms with Crippen LogP contribution in [0.5, 0.6) is 0 Å². The van der Waals surface area contributed by atoms with Gasteiger partial charge in [-0.2, -0.15) is 0 Å². The lowest BCUT2D eigenvalue weighted by Gasteiger charge is -2.24. The molecule has 2 N–H and O–H groups in total. The quantitative estimate of drug-likeness (QED) is 0.797. The number of thiophene rings is 1. The standard InChI is InChI=1S/C14H19ClN2O3S.C2H4F2O/c1-14(2,3)20-13(19)17-7-6-9(8-17)16-12(18)10-4-5-11(15)21-10;3-2(4)1-5/h4-5,9H,6-8H2,1-3H3,(H,16,18);2,5H,1H2. The van der Waals surface area contributed by atoms with Crippen LogP contribution < -0.4 is 5.32 Å². The van der Waals surface area contributed by atoms with Gasteiger partial charge in [0.2, 0.25) is 0 Å². The van der Waals surface area contributed by atoms with Gasteiger partial charge < -0.3 is 20.1 Å². The van der Waals surface area contributed by atoms with Gasteiger partial charge in [-0.05, 0) is 39.3 Å². The van der Waals surface area contributed by atoms with Crippen LogP contribution in [0.15, 0.2) is 12.1 Å². The zero-order valence-electron chi connectivity index (χ0n) is 14.8. The number of nitrogens with one attached hydrogen (secondary N) is 1. The van der Waals surface area contributed by atoms with Crippen LogP contribution in [-0.4, -0.2) is 59.8 Å². The summed E-state index contributed by atoms with van der Waals surface area (Å²) >= 11 is 7.06. The number of hydrogen-bond acceptors (Lipinski definition) is 5. The van der Waals surface area contributed by atoms with E-state index < -0.39 is 18.6 Å². The van der Waals surface area contributed by atoms with Crippen molar-refractivity contribution in [1.29, 1.82) is 0 Å². The summed E-state index contributed by atoms with van der Waals surface area (Å²) in [6.07, 6.45) is -2.17. The van der Waals surface area contributed by atoms with Crippen LogP contribution in [0, 0.1) is 0 Å². The van der Waals surface area contributed by atoms with Gasteiger partial charge in [-0.1, -0.05) is 11.6 Å². The molecule has 1 fully saturated rings. The lowest BCUT2D eigenvalue weighted by molar-refractivity contribution is 0.0290. The number of carbonyl (C=O) groups excluding carboxylic acids is 2. The zero-order chi connectivity index (χ0) is 19.9. The van der Waals surface area contributed by atoms with Crippen molar-refractivity contribution < 1.29 is 28.2 Å². The van der Waals surface area contributed by atoms with Crippen molar-refractivity contribution in [2.75, 3.05) is 19.7 Å². The first kappa shape index (κ1) is 22.6. The molecule has 0 bridgehead atoms. The Hall–Kier alpha value is -1.45. The maximum Gasteiger partial charge on any atom is 0.410 e. The van der Waals surface area contributed by atoms with Crippen molar-refractivity contribution in [3.05, 3.63) is 21.3 Å². The number of likely N-dealkylation sites (tertiary alicyclic amines) is 1. The highest BCUT2D eigenvalue weighted by Crippen LogP contribution is 2.22. The molecule has 2 amide bonds. The summed E-state index contributed by atoms with van der Waals surface area (Å²) in [7, 11) is 0. The second-order valence-electron chi connectivity index (χ2n) is 6.56. The normalized spacial score (nSPS) is 16.9. The number of rotatable bonds is 3. The number of carbonyl (C=O) groups is 2. The van der Waals surface area contributed by atoms with Crippen LogP contribution in [0.4, 0.5) is 13.6 Å². The zero-order valence-corrected chi connectivity index (χ0v) is 16.4. The van der Waals surface area contributed by atoms with Crippen LogP contribution in [0.2, 0.25) is 4.34 Å². The average molecular weight is 413 g/mol. The molecule has 6 nitrogen and oxygen atoms in total. The molecule has 0 aliphatic carbocycles. The van der Waals surface area contributed by atoms with E-state index in [4.69, 9.17) is 21.4 Å². The summed E-state index contributed by atoms with van der Waals surface area (Å²) in [6.45, 7) is 5.53. The molecule has 1 aromatic rings. The summed E-state index contributed by atoms with van der Waals surface area (Å²) in [5.74, 6) is -0.150. The molecule has 1 atom stereocenters. The fourth-order valence-corrected chi connectivity index (χ4v) is 3.01. The maximum absolute atomic E-state index is 12.0. The highest BCUT2D eigenvalue weighted by Gasteiger charge is 2.30. The van der Waals surface area contributed by atoms with E-state index >= 15 is 0 Å². The fraction of sp³-hybridized carbons (Fsp3) is 0.625. The van der Waals surface area contributed by atoms with Gasteiger partial charge in [0.05, 0.1) is 9.21 Å².